The Morgan fingerprint density at radius 1 is 1.60 bits per heavy atom. The van der Waals surface area contributed by atoms with Crippen molar-refractivity contribution in [1.82, 2.24) is 5.32 Å². The predicted octanol–water partition coefficient (Wildman–Crippen LogP) is 0.632. The molecule has 0 bridgehead atoms. The van der Waals surface area contributed by atoms with E-state index < -0.39 is 0 Å². The molecule has 0 aromatic rings. The topological polar surface area (TPSA) is 21.3 Å². The molecule has 0 radical (unpaired) electrons. The molecule has 0 saturated carbocycles. The zero-order chi connectivity index (χ0) is 7.03. The van der Waals surface area contributed by atoms with E-state index >= 15 is 0 Å². The van der Waals surface area contributed by atoms with Crippen LogP contribution in [0.2, 0.25) is 0 Å². The summed E-state index contributed by atoms with van der Waals surface area (Å²) in [5, 5.41) is 3.44. The van der Waals surface area contributed by atoms with Gasteiger partial charge in [-0.05, 0) is 12.5 Å². The van der Waals surface area contributed by atoms with Gasteiger partial charge in [-0.15, -0.1) is 0 Å². The van der Waals surface area contributed by atoms with Gasteiger partial charge in [0, 0.05) is 12.0 Å². The fraction of sp³-hybridized carbons (Fsp3) is 1.00. The Bertz CT molecular complexity index is 131. The molecule has 1 unspecified atom stereocenters. The highest BCUT2D eigenvalue weighted by Crippen LogP contribution is 2.40. The lowest BCUT2D eigenvalue weighted by Crippen LogP contribution is -2.48. The molecule has 2 rings (SSSR count). The van der Waals surface area contributed by atoms with Crippen LogP contribution in [-0.4, -0.2) is 26.3 Å². The molecular formula is C8H15NO. The van der Waals surface area contributed by atoms with Gasteiger partial charge < -0.3 is 10.1 Å². The summed E-state index contributed by atoms with van der Waals surface area (Å²) in [5.74, 6) is 0.876. The fourth-order valence-corrected chi connectivity index (χ4v) is 2.14. The third kappa shape index (κ3) is 0.722. The maximum atomic E-state index is 5.25. The Hall–Kier alpha value is -0.0800. The van der Waals surface area contributed by atoms with E-state index in [0.717, 1.165) is 19.1 Å². The predicted molar refractivity (Wildman–Crippen MR) is 39.9 cm³/mol. The fourth-order valence-electron chi connectivity index (χ4n) is 2.14. The Morgan fingerprint density at radius 2 is 2.40 bits per heavy atom. The SMILES string of the molecule is CCC1CNCC12COC2. The van der Waals surface area contributed by atoms with E-state index in [9.17, 15) is 0 Å². The van der Waals surface area contributed by atoms with Gasteiger partial charge in [0.2, 0.25) is 0 Å². The molecule has 2 nitrogen and oxygen atoms in total. The lowest BCUT2D eigenvalue weighted by molar-refractivity contribution is -0.125. The van der Waals surface area contributed by atoms with Gasteiger partial charge in [0.1, 0.15) is 0 Å². The second-order valence-corrected chi connectivity index (χ2v) is 3.59. The first-order valence-corrected chi connectivity index (χ1v) is 4.16. The molecule has 0 aliphatic carbocycles. The van der Waals surface area contributed by atoms with Crippen LogP contribution < -0.4 is 5.32 Å². The lowest BCUT2D eigenvalue weighted by Gasteiger charge is -2.42. The molecule has 1 N–H and O–H groups in total. The number of hydrogen-bond donors (Lipinski definition) is 1. The van der Waals surface area contributed by atoms with Crippen molar-refractivity contribution < 1.29 is 4.74 Å². The van der Waals surface area contributed by atoms with Crippen molar-refractivity contribution in [1.29, 1.82) is 0 Å². The molecule has 2 heterocycles. The van der Waals surface area contributed by atoms with Gasteiger partial charge in [0.05, 0.1) is 13.2 Å². The summed E-state index contributed by atoms with van der Waals surface area (Å²) in [4.78, 5) is 0. The van der Waals surface area contributed by atoms with Crippen LogP contribution in [0.15, 0.2) is 0 Å². The Morgan fingerprint density at radius 3 is 2.80 bits per heavy atom. The molecule has 1 atom stereocenters. The Kier molecular flexibility index (Phi) is 1.46. The van der Waals surface area contributed by atoms with Crippen LogP contribution >= 0.6 is 0 Å². The van der Waals surface area contributed by atoms with Crippen LogP contribution in [0.3, 0.4) is 0 Å². The first kappa shape index (κ1) is 6.62. The third-order valence-corrected chi connectivity index (χ3v) is 3.01. The van der Waals surface area contributed by atoms with Gasteiger partial charge in [0.25, 0.3) is 0 Å². The summed E-state index contributed by atoms with van der Waals surface area (Å²) < 4.78 is 5.25. The molecule has 2 saturated heterocycles. The maximum Gasteiger partial charge on any atom is 0.0560 e. The quantitative estimate of drug-likeness (QED) is 0.578. The monoisotopic (exact) mass is 141 g/mol. The van der Waals surface area contributed by atoms with Crippen molar-refractivity contribution in [3.8, 4) is 0 Å². The summed E-state index contributed by atoms with van der Waals surface area (Å²) >= 11 is 0. The maximum absolute atomic E-state index is 5.25. The van der Waals surface area contributed by atoms with Crippen molar-refractivity contribution in [2.45, 2.75) is 13.3 Å². The van der Waals surface area contributed by atoms with Gasteiger partial charge >= 0.3 is 0 Å². The molecule has 10 heavy (non-hydrogen) atoms. The average molecular weight is 141 g/mol. The van der Waals surface area contributed by atoms with Crippen molar-refractivity contribution in [2.75, 3.05) is 26.3 Å². The van der Waals surface area contributed by atoms with Gasteiger partial charge in [-0.25, -0.2) is 0 Å². The molecule has 2 heteroatoms. The number of nitrogens with one attached hydrogen (secondary N) is 1. The summed E-state index contributed by atoms with van der Waals surface area (Å²) in [5.41, 5.74) is 0.550. The minimum absolute atomic E-state index is 0.550. The third-order valence-electron chi connectivity index (χ3n) is 3.01. The van der Waals surface area contributed by atoms with Gasteiger partial charge in [-0.1, -0.05) is 13.3 Å². The van der Waals surface area contributed by atoms with E-state index in [1.54, 1.807) is 0 Å². The highest BCUT2D eigenvalue weighted by molar-refractivity contribution is 4.98. The van der Waals surface area contributed by atoms with E-state index in [1.165, 1.54) is 19.5 Å². The minimum Gasteiger partial charge on any atom is -0.380 e. The van der Waals surface area contributed by atoms with E-state index in [2.05, 4.69) is 12.2 Å². The first-order chi connectivity index (χ1) is 4.87. The summed E-state index contributed by atoms with van der Waals surface area (Å²) in [6, 6.07) is 0. The zero-order valence-electron chi connectivity index (χ0n) is 6.52. The van der Waals surface area contributed by atoms with Crippen molar-refractivity contribution in [3.63, 3.8) is 0 Å². The molecular weight excluding hydrogens is 126 g/mol. The molecule has 0 aromatic heterocycles. The molecule has 0 aromatic carbocycles. The molecule has 2 fully saturated rings. The van der Waals surface area contributed by atoms with Gasteiger partial charge in [0.15, 0.2) is 0 Å². The second-order valence-electron chi connectivity index (χ2n) is 3.59. The molecule has 2 aliphatic heterocycles. The molecule has 2 aliphatic rings. The van der Waals surface area contributed by atoms with Crippen molar-refractivity contribution in [2.24, 2.45) is 11.3 Å². The van der Waals surface area contributed by atoms with Crippen LogP contribution in [-0.2, 0) is 4.74 Å². The number of ether oxygens (including phenoxy) is 1. The lowest BCUT2D eigenvalue weighted by atomic mass is 9.75. The van der Waals surface area contributed by atoms with Crippen molar-refractivity contribution >= 4 is 0 Å². The first-order valence-electron chi connectivity index (χ1n) is 4.16. The van der Waals surface area contributed by atoms with Crippen LogP contribution in [0, 0.1) is 11.3 Å². The molecule has 1 spiro atoms. The molecule has 58 valence electrons. The summed E-state index contributed by atoms with van der Waals surface area (Å²) in [7, 11) is 0. The van der Waals surface area contributed by atoms with Gasteiger partial charge in [-0.3, -0.25) is 0 Å². The van der Waals surface area contributed by atoms with E-state index in [-0.39, 0.29) is 0 Å². The van der Waals surface area contributed by atoms with E-state index in [0.29, 0.717) is 5.41 Å². The highest BCUT2D eigenvalue weighted by Gasteiger charge is 2.47. The normalized spacial score (nSPS) is 36.3. The minimum atomic E-state index is 0.550. The summed E-state index contributed by atoms with van der Waals surface area (Å²) in [6.07, 6.45) is 1.30. The largest absolute Gasteiger partial charge is 0.380 e. The van der Waals surface area contributed by atoms with Crippen molar-refractivity contribution in [3.05, 3.63) is 0 Å². The number of rotatable bonds is 1. The van der Waals surface area contributed by atoms with Crippen LogP contribution in [0.1, 0.15) is 13.3 Å². The van der Waals surface area contributed by atoms with E-state index in [4.69, 9.17) is 4.74 Å². The standard InChI is InChI=1S/C8H15NO/c1-2-7-3-9-4-8(7)5-10-6-8/h7,9H,2-6H2,1H3. The summed E-state index contributed by atoms with van der Waals surface area (Å²) in [6.45, 7) is 6.67. The van der Waals surface area contributed by atoms with Crippen LogP contribution in [0.25, 0.3) is 0 Å². The average Bonchev–Trinajstić information content (AvgIpc) is 2.27. The van der Waals surface area contributed by atoms with Crippen LogP contribution in [0.4, 0.5) is 0 Å². The van der Waals surface area contributed by atoms with Gasteiger partial charge in [-0.2, -0.15) is 0 Å². The Balaban J connectivity index is 2.05. The Labute approximate surface area is 61.9 Å². The number of hydrogen-bond acceptors (Lipinski definition) is 2. The van der Waals surface area contributed by atoms with E-state index in [1.807, 2.05) is 0 Å². The zero-order valence-corrected chi connectivity index (χ0v) is 6.52. The van der Waals surface area contributed by atoms with Crippen LogP contribution in [0.5, 0.6) is 0 Å². The second kappa shape index (κ2) is 2.21. The smallest absolute Gasteiger partial charge is 0.0560 e. The molecule has 0 amide bonds. The highest BCUT2D eigenvalue weighted by atomic mass is 16.5.